The highest BCUT2D eigenvalue weighted by Gasteiger charge is 2.47. The third-order valence-corrected chi connectivity index (χ3v) is 5.35. The Kier molecular flexibility index (Phi) is 4.77. The average molecular weight is 383 g/mol. The molecule has 4 nitrogen and oxygen atoms in total. The van der Waals surface area contributed by atoms with Crippen molar-refractivity contribution >= 4 is 23.1 Å². The molecule has 3 aromatic carbocycles. The summed E-state index contributed by atoms with van der Waals surface area (Å²) in [7, 11) is 0. The third kappa shape index (κ3) is 3.13. The molecule has 1 aliphatic heterocycles. The summed E-state index contributed by atoms with van der Waals surface area (Å²) in [5.74, 6) is -1.47. The van der Waals surface area contributed by atoms with E-state index in [2.05, 4.69) is 0 Å². The lowest BCUT2D eigenvalue weighted by atomic mass is 9.92. The fourth-order valence-electron chi connectivity index (χ4n) is 3.85. The van der Waals surface area contributed by atoms with E-state index >= 15 is 0 Å². The van der Waals surface area contributed by atoms with Crippen LogP contribution in [0.5, 0.6) is 0 Å². The summed E-state index contributed by atoms with van der Waals surface area (Å²) in [6, 6.07) is 23.3. The lowest BCUT2D eigenvalue weighted by molar-refractivity contribution is -0.132. The fraction of sp³-hybridized carbons (Fsp3) is 0.120. The molecule has 4 heteroatoms. The fourth-order valence-corrected chi connectivity index (χ4v) is 3.85. The third-order valence-electron chi connectivity index (χ3n) is 5.35. The van der Waals surface area contributed by atoms with E-state index in [4.69, 9.17) is 0 Å². The van der Waals surface area contributed by atoms with E-state index in [1.165, 1.54) is 4.90 Å². The molecule has 0 saturated carbocycles. The highest BCUT2D eigenvalue weighted by molar-refractivity contribution is 6.51. The first kappa shape index (κ1) is 18.7. The second kappa shape index (κ2) is 7.40. The Balaban J connectivity index is 2.01. The van der Waals surface area contributed by atoms with Gasteiger partial charge in [0.2, 0.25) is 0 Å². The number of carbonyl (C=O) groups excluding carboxylic acids is 2. The standard InChI is InChI=1S/C25H21NO3/c1-16-10-6-8-14-19(16)22-21(23(27)18-12-4-3-5-13-18)24(28)25(29)26(22)20-15-9-7-11-17(20)2/h3-15,22,27H,1-2H3/b23-21+. The molecule has 144 valence electrons. The summed E-state index contributed by atoms with van der Waals surface area (Å²) in [6.45, 7) is 3.84. The Labute approximate surface area is 169 Å². The minimum atomic E-state index is -0.697. The molecule has 0 radical (unpaired) electrons. The van der Waals surface area contributed by atoms with Gasteiger partial charge in [-0.3, -0.25) is 14.5 Å². The number of nitrogens with zero attached hydrogens (tertiary/aromatic N) is 1. The summed E-state index contributed by atoms with van der Waals surface area (Å²) in [4.78, 5) is 27.7. The average Bonchev–Trinajstić information content (AvgIpc) is 2.99. The topological polar surface area (TPSA) is 57.6 Å². The quantitative estimate of drug-likeness (QED) is 0.396. The van der Waals surface area contributed by atoms with Crippen LogP contribution in [0.1, 0.15) is 28.3 Å². The zero-order chi connectivity index (χ0) is 20.5. The second-order valence-corrected chi connectivity index (χ2v) is 7.18. The van der Waals surface area contributed by atoms with E-state index in [9.17, 15) is 14.7 Å². The van der Waals surface area contributed by atoms with Crippen LogP contribution in [0.15, 0.2) is 84.4 Å². The maximum absolute atomic E-state index is 13.1. The molecule has 1 fully saturated rings. The number of aliphatic hydroxyl groups excluding tert-OH is 1. The molecular weight excluding hydrogens is 362 g/mol. The minimum Gasteiger partial charge on any atom is -0.507 e. The minimum absolute atomic E-state index is 0.110. The molecular formula is C25H21NO3. The summed E-state index contributed by atoms with van der Waals surface area (Å²) in [5.41, 5.74) is 3.92. The summed E-state index contributed by atoms with van der Waals surface area (Å²) in [6.07, 6.45) is 0. The molecule has 0 aliphatic carbocycles. The van der Waals surface area contributed by atoms with Gasteiger partial charge in [0.05, 0.1) is 11.6 Å². The number of carbonyl (C=O) groups is 2. The molecule has 1 unspecified atom stereocenters. The Morgan fingerprint density at radius 1 is 0.793 bits per heavy atom. The first-order valence-corrected chi connectivity index (χ1v) is 9.48. The van der Waals surface area contributed by atoms with Gasteiger partial charge in [0.15, 0.2) is 0 Å². The van der Waals surface area contributed by atoms with Gasteiger partial charge in [-0.05, 0) is 36.6 Å². The molecule has 1 N–H and O–H groups in total. The smallest absolute Gasteiger partial charge is 0.300 e. The second-order valence-electron chi connectivity index (χ2n) is 7.18. The van der Waals surface area contributed by atoms with Crippen LogP contribution in [-0.2, 0) is 9.59 Å². The van der Waals surface area contributed by atoms with Crippen LogP contribution in [0, 0.1) is 13.8 Å². The summed E-state index contributed by atoms with van der Waals surface area (Å²) >= 11 is 0. The van der Waals surface area contributed by atoms with Crippen LogP contribution in [0.2, 0.25) is 0 Å². The Morgan fingerprint density at radius 3 is 2.03 bits per heavy atom. The number of aliphatic hydroxyl groups is 1. The monoisotopic (exact) mass is 383 g/mol. The van der Waals surface area contributed by atoms with E-state index in [1.54, 1.807) is 24.3 Å². The number of hydrogen-bond donors (Lipinski definition) is 1. The van der Waals surface area contributed by atoms with Crippen LogP contribution in [0.3, 0.4) is 0 Å². The Morgan fingerprint density at radius 2 is 1.38 bits per heavy atom. The van der Waals surface area contributed by atoms with Crippen molar-refractivity contribution in [1.82, 2.24) is 0 Å². The van der Waals surface area contributed by atoms with E-state index in [0.717, 1.165) is 16.7 Å². The number of Topliss-reactive ketones (excluding diaryl/α,β-unsaturated/α-hetero) is 1. The van der Waals surface area contributed by atoms with Crippen molar-refractivity contribution in [2.45, 2.75) is 19.9 Å². The molecule has 4 rings (SSSR count). The first-order chi connectivity index (χ1) is 14.0. The predicted molar refractivity (Wildman–Crippen MR) is 114 cm³/mol. The summed E-state index contributed by atoms with van der Waals surface area (Å²) in [5, 5.41) is 11.0. The Bertz CT molecular complexity index is 1130. The van der Waals surface area contributed by atoms with Crippen molar-refractivity contribution in [2.24, 2.45) is 0 Å². The van der Waals surface area contributed by atoms with E-state index in [0.29, 0.717) is 11.3 Å². The van der Waals surface area contributed by atoms with Gasteiger partial charge >= 0.3 is 0 Å². The molecule has 0 bridgehead atoms. The number of ketones is 1. The van der Waals surface area contributed by atoms with Crippen LogP contribution >= 0.6 is 0 Å². The number of para-hydroxylation sites is 1. The molecule has 0 spiro atoms. The van der Waals surface area contributed by atoms with Crippen molar-refractivity contribution in [3.63, 3.8) is 0 Å². The van der Waals surface area contributed by atoms with E-state index in [1.807, 2.05) is 68.4 Å². The van der Waals surface area contributed by atoms with Crippen molar-refractivity contribution in [3.8, 4) is 0 Å². The van der Waals surface area contributed by atoms with E-state index in [-0.39, 0.29) is 11.3 Å². The largest absolute Gasteiger partial charge is 0.507 e. The highest BCUT2D eigenvalue weighted by Crippen LogP contribution is 2.43. The number of aryl methyl sites for hydroxylation is 2. The van der Waals surface area contributed by atoms with Crippen LogP contribution in [0.25, 0.3) is 5.76 Å². The SMILES string of the molecule is Cc1ccccc1C1/C(=C(\O)c2ccccc2)C(=O)C(=O)N1c1ccccc1C. The molecule has 1 amide bonds. The van der Waals surface area contributed by atoms with Crippen molar-refractivity contribution in [2.75, 3.05) is 4.90 Å². The highest BCUT2D eigenvalue weighted by atomic mass is 16.3. The van der Waals surface area contributed by atoms with Gasteiger partial charge < -0.3 is 5.11 Å². The first-order valence-electron chi connectivity index (χ1n) is 9.48. The molecule has 29 heavy (non-hydrogen) atoms. The lowest BCUT2D eigenvalue weighted by Crippen LogP contribution is -2.30. The molecule has 3 aromatic rings. The Hall–Kier alpha value is -3.66. The molecule has 0 aromatic heterocycles. The lowest BCUT2D eigenvalue weighted by Gasteiger charge is -2.27. The molecule has 1 atom stereocenters. The van der Waals surface area contributed by atoms with Crippen LogP contribution < -0.4 is 4.90 Å². The zero-order valence-corrected chi connectivity index (χ0v) is 16.3. The number of benzene rings is 3. The normalized spacial score (nSPS) is 18.3. The van der Waals surface area contributed by atoms with Gasteiger partial charge in [0.25, 0.3) is 11.7 Å². The van der Waals surface area contributed by atoms with Crippen molar-refractivity contribution in [1.29, 1.82) is 0 Å². The van der Waals surface area contributed by atoms with Gasteiger partial charge in [0, 0.05) is 11.3 Å². The van der Waals surface area contributed by atoms with Crippen LogP contribution in [0.4, 0.5) is 5.69 Å². The van der Waals surface area contributed by atoms with Gasteiger partial charge in [-0.15, -0.1) is 0 Å². The van der Waals surface area contributed by atoms with E-state index < -0.39 is 17.7 Å². The van der Waals surface area contributed by atoms with Gasteiger partial charge in [-0.1, -0.05) is 72.8 Å². The van der Waals surface area contributed by atoms with Gasteiger partial charge in [0.1, 0.15) is 5.76 Å². The number of amides is 1. The summed E-state index contributed by atoms with van der Waals surface area (Å²) < 4.78 is 0. The molecule has 1 saturated heterocycles. The maximum Gasteiger partial charge on any atom is 0.300 e. The number of rotatable bonds is 3. The zero-order valence-electron chi connectivity index (χ0n) is 16.3. The molecule has 1 heterocycles. The molecule has 1 aliphatic rings. The maximum atomic E-state index is 13.1. The van der Waals surface area contributed by atoms with Crippen molar-refractivity contribution in [3.05, 3.63) is 107 Å². The predicted octanol–water partition coefficient (Wildman–Crippen LogP) is 4.93. The van der Waals surface area contributed by atoms with Gasteiger partial charge in [-0.2, -0.15) is 0 Å². The van der Waals surface area contributed by atoms with Crippen molar-refractivity contribution < 1.29 is 14.7 Å². The van der Waals surface area contributed by atoms with Crippen LogP contribution in [-0.4, -0.2) is 16.8 Å². The van der Waals surface area contributed by atoms with Gasteiger partial charge in [-0.25, -0.2) is 0 Å². The number of anilines is 1. The number of hydrogen-bond acceptors (Lipinski definition) is 3.